The summed E-state index contributed by atoms with van der Waals surface area (Å²) in [6.07, 6.45) is 2.32. The summed E-state index contributed by atoms with van der Waals surface area (Å²) in [7, 11) is 0. The van der Waals surface area contributed by atoms with Crippen molar-refractivity contribution in [2.24, 2.45) is 0 Å². The number of rotatable bonds is 1. The molecule has 2 aliphatic rings. The highest BCUT2D eigenvalue weighted by atomic mass is 32.1. The molecule has 1 N–H and O–H groups in total. The van der Waals surface area contributed by atoms with Crippen molar-refractivity contribution in [1.29, 1.82) is 0 Å². The van der Waals surface area contributed by atoms with Crippen molar-refractivity contribution in [2.45, 2.75) is 6.54 Å². The summed E-state index contributed by atoms with van der Waals surface area (Å²) in [5.41, 5.74) is 2.74. The van der Waals surface area contributed by atoms with E-state index in [1.165, 1.54) is 4.88 Å². The van der Waals surface area contributed by atoms with E-state index in [2.05, 4.69) is 16.0 Å². The fraction of sp³-hybridized carbons (Fsp3) is 0.167. The van der Waals surface area contributed by atoms with Crippen molar-refractivity contribution in [1.82, 2.24) is 14.5 Å². The van der Waals surface area contributed by atoms with E-state index in [0.717, 1.165) is 24.5 Å². The predicted octanol–water partition coefficient (Wildman–Crippen LogP) is 2.16. The maximum atomic E-state index is 10.7. The summed E-state index contributed by atoms with van der Waals surface area (Å²) in [5, 5.41) is 10.8. The molecule has 2 aliphatic heterocycles. The molecule has 4 heterocycles. The van der Waals surface area contributed by atoms with Crippen LogP contribution in [-0.4, -0.2) is 32.3 Å². The van der Waals surface area contributed by atoms with Crippen molar-refractivity contribution in [3.8, 4) is 11.6 Å². The number of imidazole rings is 1. The van der Waals surface area contributed by atoms with Crippen LogP contribution in [0.2, 0.25) is 0 Å². The van der Waals surface area contributed by atoms with Crippen LogP contribution >= 0.6 is 11.3 Å². The van der Waals surface area contributed by atoms with Gasteiger partial charge in [0.15, 0.2) is 0 Å². The van der Waals surface area contributed by atoms with Crippen molar-refractivity contribution >= 4 is 23.2 Å². The first-order valence-electron chi connectivity index (χ1n) is 5.74. The fourth-order valence-corrected chi connectivity index (χ4v) is 3.33. The topological polar surface area (TPSA) is 67.6 Å². The second kappa shape index (κ2) is 3.61. The lowest BCUT2D eigenvalue weighted by molar-refractivity contribution is 0.142. The standard InChI is InChI=1S/C12H9N3O3S/c16-12(17)18-11-10-8-1-3-14(8)5-9-7(2-4-19-9)15(10)6-13-11/h1-2,4,6H,3,5H2,(H,16,17). The SMILES string of the molecule is O=C(O)Oc1ncn2c1C1=CCN1Cc1sccc1-2. The molecule has 4 rings (SSSR count). The number of fused-ring (bicyclic) bond motifs is 5. The number of hydrogen-bond donors (Lipinski definition) is 1. The number of ether oxygens (including phenoxy) is 1. The molecule has 6 nitrogen and oxygen atoms in total. The molecule has 19 heavy (non-hydrogen) atoms. The predicted molar refractivity (Wildman–Crippen MR) is 68.5 cm³/mol. The molecule has 2 aromatic heterocycles. The molecule has 96 valence electrons. The van der Waals surface area contributed by atoms with E-state index in [9.17, 15) is 4.79 Å². The minimum absolute atomic E-state index is 0.141. The summed E-state index contributed by atoms with van der Waals surface area (Å²) in [5.74, 6) is 0.141. The van der Waals surface area contributed by atoms with Gasteiger partial charge < -0.3 is 14.7 Å². The van der Waals surface area contributed by atoms with Gasteiger partial charge in [-0.1, -0.05) is 0 Å². The number of aromatic nitrogens is 2. The van der Waals surface area contributed by atoms with Gasteiger partial charge in [-0.15, -0.1) is 11.3 Å². The first-order chi connectivity index (χ1) is 9.24. The Hall–Kier alpha value is -2.28. The second-order valence-corrected chi connectivity index (χ2v) is 5.34. The molecule has 0 unspecified atom stereocenters. The molecule has 0 saturated carbocycles. The first kappa shape index (κ1) is 10.6. The van der Waals surface area contributed by atoms with Gasteiger partial charge in [-0.3, -0.25) is 4.57 Å². The van der Waals surface area contributed by atoms with Gasteiger partial charge in [0.1, 0.15) is 12.0 Å². The van der Waals surface area contributed by atoms with E-state index < -0.39 is 6.16 Å². The zero-order chi connectivity index (χ0) is 13.0. The van der Waals surface area contributed by atoms with Gasteiger partial charge in [-0.05, 0) is 17.5 Å². The minimum Gasteiger partial charge on any atom is -0.449 e. The van der Waals surface area contributed by atoms with Crippen LogP contribution in [0.15, 0.2) is 23.8 Å². The Balaban J connectivity index is 1.94. The van der Waals surface area contributed by atoms with E-state index in [1.54, 1.807) is 17.7 Å². The highest BCUT2D eigenvalue weighted by Gasteiger charge is 2.32. The van der Waals surface area contributed by atoms with Crippen LogP contribution in [0.5, 0.6) is 5.88 Å². The monoisotopic (exact) mass is 275 g/mol. The van der Waals surface area contributed by atoms with Gasteiger partial charge in [-0.2, -0.15) is 0 Å². The van der Waals surface area contributed by atoms with E-state index in [4.69, 9.17) is 9.84 Å². The van der Waals surface area contributed by atoms with Gasteiger partial charge in [0.25, 0.3) is 5.88 Å². The summed E-state index contributed by atoms with van der Waals surface area (Å²) >= 11 is 1.69. The molecule has 0 bridgehead atoms. The first-order valence-corrected chi connectivity index (χ1v) is 6.62. The Morgan fingerprint density at radius 3 is 3.16 bits per heavy atom. The van der Waals surface area contributed by atoms with E-state index in [0.29, 0.717) is 5.69 Å². The summed E-state index contributed by atoms with van der Waals surface area (Å²) in [4.78, 5) is 18.2. The molecule has 0 saturated heterocycles. The summed E-state index contributed by atoms with van der Waals surface area (Å²) < 4.78 is 6.67. The van der Waals surface area contributed by atoms with Crippen LogP contribution in [0.3, 0.4) is 0 Å². The van der Waals surface area contributed by atoms with Gasteiger partial charge in [0.05, 0.1) is 17.9 Å². The lowest BCUT2D eigenvalue weighted by Crippen LogP contribution is -2.29. The van der Waals surface area contributed by atoms with Crippen LogP contribution in [0.25, 0.3) is 11.4 Å². The van der Waals surface area contributed by atoms with Gasteiger partial charge in [0.2, 0.25) is 0 Å². The van der Waals surface area contributed by atoms with Crippen molar-refractivity contribution in [3.63, 3.8) is 0 Å². The normalized spacial score (nSPS) is 15.6. The largest absolute Gasteiger partial charge is 0.512 e. The van der Waals surface area contributed by atoms with Crippen molar-refractivity contribution in [3.05, 3.63) is 34.4 Å². The number of carboxylic acid groups (broad SMARTS) is 1. The Morgan fingerprint density at radius 2 is 2.42 bits per heavy atom. The van der Waals surface area contributed by atoms with Crippen LogP contribution in [0.4, 0.5) is 4.79 Å². The zero-order valence-electron chi connectivity index (χ0n) is 9.74. The highest BCUT2D eigenvalue weighted by Crippen LogP contribution is 2.40. The van der Waals surface area contributed by atoms with Crippen molar-refractivity contribution in [2.75, 3.05) is 6.54 Å². The zero-order valence-corrected chi connectivity index (χ0v) is 10.6. The number of thiophene rings is 1. The minimum atomic E-state index is -1.34. The van der Waals surface area contributed by atoms with Crippen LogP contribution in [0.1, 0.15) is 10.6 Å². The molecule has 2 aromatic rings. The van der Waals surface area contributed by atoms with E-state index in [-0.39, 0.29) is 5.88 Å². The Bertz CT molecular complexity index is 716. The third kappa shape index (κ3) is 1.42. The molecule has 0 fully saturated rings. The summed E-state index contributed by atoms with van der Waals surface area (Å²) in [6.45, 7) is 1.71. The highest BCUT2D eigenvalue weighted by molar-refractivity contribution is 7.10. The van der Waals surface area contributed by atoms with Crippen LogP contribution < -0.4 is 4.74 Å². The smallest absolute Gasteiger partial charge is 0.449 e. The molecule has 0 radical (unpaired) electrons. The Morgan fingerprint density at radius 1 is 1.53 bits per heavy atom. The maximum absolute atomic E-state index is 10.7. The number of hydrogen-bond acceptors (Lipinski definition) is 5. The molecule has 0 aliphatic carbocycles. The third-order valence-electron chi connectivity index (χ3n) is 3.32. The van der Waals surface area contributed by atoms with Gasteiger partial charge in [-0.25, -0.2) is 9.78 Å². The number of carbonyl (C=O) groups is 1. The third-order valence-corrected chi connectivity index (χ3v) is 4.22. The lowest BCUT2D eigenvalue weighted by atomic mass is 10.1. The number of nitrogens with zero attached hydrogens (tertiary/aromatic N) is 3. The summed E-state index contributed by atoms with van der Waals surface area (Å²) in [6, 6.07) is 2.02. The van der Waals surface area contributed by atoms with Gasteiger partial charge in [0, 0.05) is 11.4 Å². The van der Waals surface area contributed by atoms with Gasteiger partial charge >= 0.3 is 6.16 Å². The van der Waals surface area contributed by atoms with Crippen LogP contribution in [-0.2, 0) is 6.54 Å². The molecule has 0 aromatic carbocycles. The van der Waals surface area contributed by atoms with E-state index in [1.807, 2.05) is 16.0 Å². The molecule has 0 atom stereocenters. The second-order valence-electron chi connectivity index (χ2n) is 4.34. The molecular weight excluding hydrogens is 266 g/mol. The Labute approximate surface area is 112 Å². The lowest BCUT2D eigenvalue weighted by Gasteiger charge is -2.31. The molecule has 7 heteroatoms. The van der Waals surface area contributed by atoms with Crippen molar-refractivity contribution < 1.29 is 14.6 Å². The average molecular weight is 275 g/mol. The van der Waals surface area contributed by atoms with E-state index >= 15 is 0 Å². The fourth-order valence-electron chi connectivity index (χ4n) is 2.45. The average Bonchev–Trinajstić information content (AvgIpc) is 2.90. The molecule has 0 amide bonds. The molecule has 0 spiro atoms. The van der Waals surface area contributed by atoms with Crippen LogP contribution in [0, 0.1) is 0 Å². The maximum Gasteiger partial charge on any atom is 0.512 e. The Kier molecular flexibility index (Phi) is 2.02. The quantitative estimate of drug-likeness (QED) is 0.808. The molecular formula is C12H9N3O3S.